The third-order valence-electron chi connectivity index (χ3n) is 3.03. The third-order valence-corrected chi connectivity index (χ3v) is 3.03. The maximum absolute atomic E-state index is 10.8. The number of ether oxygens (including phenoxy) is 4. The normalized spacial score (nSPS) is 22.3. The molecule has 1 aliphatic heterocycles. The summed E-state index contributed by atoms with van der Waals surface area (Å²) in [6, 6.07) is 0. The van der Waals surface area contributed by atoms with Crippen LogP contribution < -0.4 is 0 Å². The van der Waals surface area contributed by atoms with E-state index in [4.69, 9.17) is 14.2 Å². The molecule has 0 N–H and O–H groups in total. The van der Waals surface area contributed by atoms with Crippen molar-refractivity contribution in [2.24, 2.45) is 0 Å². The van der Waals surface area contributed by atoms with Crippen LogP contribution in [0.4, 0.5) is 4.79 Å². The zero-order valence-corrected chi connectivity index (χ0v) is 12.1. The van der Waals surface area contributed by atoms with Crippen molar-refractivity contribution in [3.05, 3.63) is 0 Å². The molecule has 1 atom stereocenters. The van der Waals surface area contributed by atoms with Crippen LogP contribution in [0.15, 0.2) is 0 Å². The Morgan fingerprint density at radius 1 is 1.11 bits per heavy atom. The fraction of sp³-hybridized carbons (Fsp3) is 0.929. The number of cyclic esters (lactones) is 2. The SMILES string of the molecule is CCCCCCCCOCCOC1(C)COC(=O)O1. The lowest BCUT2D eigenvalue weighted by molar-refractivity contribution is -0.173. The minimum absolute atomic E-state index is 0.142. The predicted octanol–water partition coefficient (Wildman–Crippen LogP) is 3.26. The van der Waals surface area contributed by atoms with Crippen LogP contribution in [-0.2, 0) is 18.9 Å². The summed E-state index contributed by atoms with van der Waals surface area (Å²) in [5, 5.41) is 0. The second-order valence-electron chi connectivity index (χ2n) is 5.00. The maximum Gasteiger partial charge on any atom is 0.511 e. The van der Waals surface area contributed by atoms with Crippen LogP contribution in [0.25, 0.3) is 0 Å². The van der Waals surface area contributed by atoms with Gasteiger partial charge in [0, 0.05) is 13.5 Å². The van der Waals surface area contributed by atoms with Gasteiger partial charge in [0.15, 0.2) is 6.61 Å². The summed E-state index contributed by atoms with van der Waals surface area (Å²) in [5.41, 5.74) is 0. The zero-order chi connectivity index (χ0) is 14.0. The average molecular weight is 274 g/mol. The minimum atomic E-state index is -0.944. The van der Waals surface area contributed by atoms with E-state index in [9.17, 15) is 4.79 Å². The van der Waals surface area contributed by atoms with Gasteiger partial charge in [-0.2, -0.15) is 0 Å². The van der Waals surface area contributed by atoms with Crippen LogP contribution >= 0.6 is 0 Å². The van der Waals surface area contributed by atoms with Crippen LogP contribution in [0, 0.1) is 0 Å². The van der Waals surface area contributed by atoms with Gasteiger partial charge in [-0.25, -0.2) is 4.79 Å². The van der Waals surface area contributed by atoms with Crippen LogP contribution in [0.3, 0.4) is 0 Å². The smallest absolute Gasteiger partial charge is 0.427 e. The molecule has 1 fully saturated rings. The molecule has 5 heteroatoms. The largest absolute Gasteiger partial charge is 0.511 e. The first kappa shape index (κ1) is 16.2. The molecular formula is C14H26O5. The lowest BCUT2D eigenvalue weighted by Crippen LogP contribution is -2.32. The first-order valence-electron chi connectivity index (χ1n) is 7.24. The van der Waals surface area contributed by atoms with Crippen LogP contribution in [0.2, 0.25) is 0 Å². The number of rotatable bonds is 11. The molecule has 0 saturated carbocycles. The summed E-state index contributed by atoms with van der Waals surface area (Å²) in [4.78, 5) is 10.8. The molecule has 1 unspecified atom stereocenters. The Morgan fingerprint density at radius 3 is 2.53 bits per heavy atom. The fourth-order valence-corrected chi connectivity index (χ4v) is 1.90. The highest BCUT2D eigenvalue weighted by molar-refractivity contribution is 5.62. The molecule has 0 aliphatic carbocycles. The monoisotopic (exact) mass is 274 g/mol. The summed E-state index contributed by atoms with van der Waals surface area (Å²) in [7, 11) is 0. The summed E-state index contributed by atoms with van der Waals surface area (Å²) in [6.07, 6.45) is 6.87. The maximum atomic E-state index is 10.8. The zero-order valence-electron chi connectivity index (χ0n) is 12.1. The van der Waals surface area contributed by atoms with Gasteiger partial charge in [0.2, 0.25) is 5.79 Å². The van der Waals surface area contributed by atoms with Crippen molar-refractivity contribution in [1.29, 1.82) is 0 Å². The molecule has 0 radical (unpaired) electrons. The van der Waals surface area contributed by atoms with Crippen molar-refractivity contribution < 1.29 is 23.7 Å². The molecule has 1 aliphatic rings. The van der Waals surface area contributed by atoms with E-state index in [1.165, 1.54) is 32.1 Å². The molecule has 0 spiro atoms. The van der Waals surface area contributed by atoms with E-state index in [1.54, 1.807) is 6.92 Å². The van der Waals surface area contributed by atoms with E-state index in [1.807, 2.05) is 0 Å². The van der Waals surface area contributed by atoms with Crippen molar-refractivity contribution in [2.45, 2.75) is 58.2 Å². The van der Waals surface area contributed by atoms with E-state index < -0.39 is 11.9 Å². The predicted molar refractivity (Wildman–Crippen MR) is 71.0 cm³/mol. The average Bonchev–Trinajstić information content (AvgIpc) is 2.72. The number of carbonyl (C=O) groups excluding carboxylic acids is 1. The number of unbranched alkanes of at least 4 members (excludes halogenated alkanes) is 5. The number of carbonyl (C=O) groups is 1. The highest BCUT2D eigenvalue weighted by Gasteiger charge is 2.38. The van der Waals surface area contributed by atoms with Gasteiger partial charge in [-0.15, -0.1) is 0 Å². The Morgan fingerprint density at radius 2 is 1.84 bits per heavy atom. The Bertz CT molecular complexity index is 256. The Balaban J connectivity index is 1.85. The van der Waals surface area contributed by atoms with Crippen LogP contribution in [0.1, 0.15) is 52.4 Å². The van der Waals surface area contributed by atoms with Crippen molar-refractivity contribution in [2.75, 3.05) is 26.4 Å². The van der Waals surface area contributed by atoms with Gasteiger partial charge < -0.3 is 18.9 Å². The lowest BCUT2D eigenvalue weighted by atomic mass is 10.1. The van der Waals surface area contributed by atoms with E-state index in [0.717, 1.165) is 13.0 Å². The van der Waals surface area contributed by atoms with Gasteiger partial charge >= 0.3 is 6.16 Å². The molecular weight excluding hydrogens is 248 g/mol. The molecule has 0 aromatic heterocycles. The van der Waals surface area contributed by atoms with Gasteiger partial charge in [0.05, 0.1) is 13.2 Å². The van der Waals surface area contributed by atoms with Gasteiger partial charge in [-0.05, 0) is 6.42 Å². The van der Waals surface area contributed by atoms with Gasteiger partial charge in [0.1, 0.15) is 0 Å². The molecule has 0 aromatic carbocycles. The van der Waals surface area contributed by atoms with Gasteiger partial charge in [0.25, 0.3) is 0 Å². The van der Waals surface area contributed by atoms with Crippen LogP contribution in [0.5, 0.6) is 0 Å². The molecule has 0 amide bonds. The lowest BCUT2D eigenvalue weighted by Gasteiger charge is -2.19. The molecule has 0 aromatic rings. The number of hydrogen-bond donors (Lipinski definition) is 0. The highest BCUT2D eigenvalue weighted by atomic mass is 16.8. The van der Waals surface area contributed by atoms with E-state index in [0.29, 0.717) is 13.2 Å². The van der Waals surface area contributed by atoms with E-state index in [2.05, 4.69) is 11.7 Å². The summed E-state index contributed by atoms with van der Waals surface area (Å²) in [6.45, 7) is 5.73. The summed E-state index contributed by atoms with van der Waals surface area (Å²) < 4.78 is 20.5. The Labute approximate surface area is 115 Å². The standard InChI is InChI=1S/C14H26O5/c1-3-4-5-6-7-8-9-16-10-11-18-14(2)12-17-13(15)19-14/h3-12H2,1-2H3. The van der Waals surface area contributed by atoms with E-state index >= 15 is 0 Å². The third kappa shape index (κ3) is 7.38. The molecule has 19 heavy (non-hydrogen) atoms. The van der Waals surface area contributed by atoms with Crippen molar-refractivity contribution in [3.63, 3.8) is 0 Å². The first-order chi connectivity index (χ1) is 9.16. The van der Waals surface area contributed by atoms with Crippen molar-refractivity contribution in [3.8, 4) is 0 Å². The number of hydrogen-bond acceptors (Lipinski definition) is 5. The summed E-state index contributed by atoms with van der Waals surface area (Å²) >= 11 is 0. The van der Waals surface area contributed by atoms with Crippen LogP contribution in [-0.4, -0.2) is 38.4 Å². The summed E-state index contributed by atoms with van der Waals surface area (Å²) in [5.74, 6) is -0.944. The topological polar surface area (TPSA) is 54.0 Å². The fourth-order valence-electron chi connectivity index (χ4n) is 1.90. The van der Waals surface area contributed by atoms with Gasteiger partial charge in [-0.3, -0.25) is 0 Å². The second kappa shape index (κ2) is 9.15. The molecule has 112 valence electrons. The molecule has 1 saturated heterocycles. The molecule has 1 heterocycles. The van der Waals surface area contributed by atoms with Crippen molar-refractivity contribution >= 4 is 6.16 Å². The highest BCUT2D eigenvalue weighted by Crippen LogP contribution is 2.20. The Hall–Kier alpha value is -0.810. The second-order valence-corrected chi connectivity index (χ2v) is 5.00. The minimum Gasteiger partial charge on any atom is -0.427 e. The quantitative estimate of drug-likeness (QED) is 0.427. The van der Waals surface area contributed by atoms with Crippen molar-refractivity contribution in [1.82, 2.24) is 0 Å². The Kier molecular flexibility index (Phi) is 7.82. The molecule has 0 bridgehead atoms. The van der Waals surface area contributed by atoms with Gasteiger partial charge in [-0.1, -0.05) is 39.0 Å². The molecule has 1 rings (SSSR count). The first-order valence-corrected chi connectivity index (χ1v) is 7.24. The van der Waals surface area contributed by atoms with E-state index in [-0.39, 0.29) is 6.61 Å². The molecule has 5 nitrogen and oxygen atoms in total.